The van der Waals surface area contributed by atoms with E-state index in [2.05, 4.69) is 5.32 Å². The minimum absolute atomic E-state index is 0.0205. The number of carbonyl (C=O) groups excluding carboxylic acids is 1. The standard InChI is InChI=1S/C19H21ClN2O3/c1-24-17-10-5-13(12-18(17)25-2)16-4-3-11-22(16)19(23)21-15-8-6-14(20)7-9-15/h5-10,12,16H,3-4,11H2,1-2H3,(H,21,23)/t16-/m0/s1. The Hall–Kier alpha value is -2.40. The molecule has 0 saturated carbocycles. The second-order valence-corrected chi connectivity index (χ2v) is 6.34. The van der Waals surface area contributed by atoms with E-state index in [4.69, 9.17) is 21.1 Å². The molecule has 0 aliphatic carbocycles. The van der Waals surface area contributed by atoms with Gasteiger partial charge in [0.15, 0.2) is 11.5 Å². The van der Waals surface area contributed by atoms with E-state index in [1.54, 1.807) is 38.5 Å². The Morgan fingerprint density at radius 3 is 2.52 bits per heavy atom. The largest absolute Gasteiger partial charge is 0.493 e. The highest BCUT2D eigenvalue weighted by molar-refractivity contribution is 6.30. The predicted octanol–water partition coefficient (Wildman–Crippen LogP) is 4.73. The first-order valence-electron chi connectivity index (χ1n) is 8.17. The summed E-state index contributed by atoms with van der Waals surface area (Å²) in [6.07, 6.45) is 1.89. The van der Waals surface area contributed by atoms with Gasteiger partial charge in [-0.25, -0.2) is 4.79 Å². The first kappa shape index (κ1) is 17.4. The molecule has 2 aromatic rings. The maximum Gasteiger partial charge on any atom is 0.322 e. The number of nitrogens with one attached hydrogen (secondary N) is 1. The number of hydrogen-bond donors (Lipinski definition) is 1. The molecule has 1 saturated heterocycles. The molecular formula is C19H21ClN2O3. The number of methoxy groups -OCH3 is 2. The summed E-state index contributed by atoms with van der Waals surface area (Å²) >= 11 is 5.89. The van der Waals surface area contributed by atoms with E-state index in [0.29, 0.717) is 16.5 Å². The molecule has 0 spiro atoms. The van der Waals surface area contributed by atoms with Crippen molar-refractivity contribution in [2.45, 2.75) is 18.9 Å². The molecule has 132 valence electrons. The van der Waals surface area contributed by atoms with Gasteiger partial charge in [0.1, 0.15) is 0 Å². The zero-order valence-electron chi connectivity index (χ0n) is 14.3. The normalized spacial score (nSPS) is 16.6. The quantitative estimate of drug-likeness (QED) is 0.857. The van der Waals surface area contributed by atoms with Gasteiger partial charge >= 0.3 is 6.03 Å². The molecule has 0 radical (unpaired) electrons. The fraction of sp³-hybridized carbons (Fsp3) is 0.316. The van der Waals surface area contributed by atoms with Gasteiger partial charge in [-0.3, -0.25) is 0 Å². The molecule has 2 aromatic carbocycles. The molecule has 1 fully saturated rings. The van der Waals surface area contributed by atoms with Crippen LogP contribution < -0.4 is 14.8 Å². The first-order valence-corrected chi connectivity index (χ1v) is 8.55. The summed E-state index contributed by atoms with van der Waals surface area (Å²) in [4.78, 5) is 14.5. The number of amides is 2. The number of carbonyl (C=O) groups is 1. The molecule has 0 bridgehead atoms. The van der Waals surface area contributed by atoms with Crippen LogP contribution in [0, 0.1) is 0 Å². The zero-order chi connectivity index (χ0) is 17.8. The van der Waals surface area contributed by atoms with Gasteiger partial charge in [-0.05, 0) is 54.8 Å². The summed E-state index contributed by atoms with van der Waals surface area (Å²) in [6, 6.07) is 12.8. The van der Waals surface area contributed by atoms with Gasteiger partial charge in [0.25, 0.3) is 0 Å². The van der Waals surface area contributed by atoms with E-state index in [-0.39, 0.29) is 12.1 Å². The van der Waals surface area contributed by atoms with Crippen LogP contribution in [0.15, 0.2) is 42.5 Å². The minimum Gasteiger partial charge on any atom is -0.493 e. The Balaban J connectivity index is 1.77. The van der Waals surface area contributed by atoms with Gasteiger partial charge in [0.2, 0.25) is 0 Å². The molecule has 1 aliphatic heterocycles. The number of halogens is 1. The fourth-order valence-electron chi connectivity index (χ4n) is 3.14. The highest BCUT2D eigenvalue weighted by atomic mass is 35.5. The number of urea groups is 1. The van der Waals surface area contributed by atoms with Crippen molar-refractivity contribution in [1.82, 2.24) is 4.90 Å². The van der Waals surface area contributed by atoms with E-state index in [1.807, 2.05) is 23.1 Å². The van der Waals surface area contributed by atoms with Crippen LogP contribution in [0.4, 0.5) is 10.5 Å². The summed E-state index contributed by atoms with van der Waals surface area (Å²) < 4.78 is 10.7. The van der Waals surface area contributed by atoms with E-state index in [9.17, 15) is 4.79 Å². The topological polar surface area (TPSA) is 50.8 Å². The maximum absolute atomic E-state index is 12.7. The van der Waals surface area contributed by atoms with Crippen molar-refractivity contribution in [3.05, 3.63) is 53.1 Å². The number of ether oxygens (including phenoxy) is 2. The van der Waals surface area contributed by atoms with Gasteiger partial charge < -0.3 is 19.7 Å². The Bertz CT molecular complexity index is 749. The Labute approximate surface area is 152 Å². The van der Waals surface area contributed by atoms with Crippen molar-refractivity contribution in [3.8, 4) is 11.5 Å². The molecule has 3 rings (SSSR count). The predicted molar refractivity (Wildman–Crippen MR) is 98.7 cm³/mol. The van der Waals surface area contributed by atoms with E-state index in [1.165, 1.54) is 0 Å². The van der Waals surface area contributed by atoms with Gasteiger partial charge in [-0.2, -0.15) is 0 Å². The summed E-state index contributed by atoms with van der Waals surface area (Å²) in [7, 11) is 3.22. The number of benzene rings is 2. The summed E-state index contributed by atoms with van der Waals surface area (Å²) in [5.74, 6) is 1.35. The number of nitrogens with zero attached hydrogens (tertiary/aromatic N) is 1. The minimum atomic E-state index is -0.111. The molecule has 2 amide bonds. The van der Waals surface area contributed by atoms with Crippen LogP contribution in [0.3, 0.4) is 0 Å². The number of likely N-dealkylation sites (tertiary alicyclic amines) is 1. The van der Waals surface area contributed by atoms with Crippen LogP contribution in [0.1, 0.15) is 24.4 Å². The molecule has 1 atom stereocenters. The third-order valence-corrected chi connectivity index (χ3v) is 4.65. The van der Waals surface area contributed by atoms with E-state index < -0.39 is 0 Å². The lowest BCUT2D eigenvalue weighted by molar-refractivity contribution is 0.207. The van der Waals surface area contributed by atoms with Crippen LogP contribution in [0.25, 0.3) is 0 Å². The van der Waals surface area contributed by atoms with E-state index >= 15 is 0 Å². The van der Waals surface area contributed by atoms with E-state index in [0.717, 1.165) is 30.6 Å². The highest BCUT2D eigenvalue weighted by Gasteiger charge is 2.30. The summed E-state index contributed by atoms with van der Waals surface area (Å²) in [5.41, 5.74) is 1.77. The average molecular weight is 361 g/mol. The Morgan fingerprint density at radius 2 is 1.84 bits per heavy atom. The first-order chi connectivity index (χ1) is 12.1. The summed E-state index contributed by atoms with van der Waals surface area (Å²) in [6.45, 7) is 0.721. The van der Waals surface area contributed by atoms with Crippen molar-refractivity contribution >= 4 is 23.3 Å². The van der Waals surface area contributed by atoms with Gasteiger partial charge in [0.05, 0.1) is 20.3 Å². The van der Waals surface area contributed by atoms with Crippen LogP contribution in [-0.4, -0.2) is 31.7 Å². The molecule has 1 aliphatic rings. The molecular weight excluding hydrogens is 340 g/mol. The third-order valence-electron chi connectivity index (χ3n) is 4.40. The van der Waals surface area contributed by atoms with Crippen LogP contribution in [0.2, 0.25) is 5.02 Å². The lowest BCUT2D eigenvalue weighted by Crippen LogP contribution is -2.34. The molecule has 0 unspecified atom stereocenters. The third kappa shape index (κ3) is 3.82. The lowest BCUT2D eigenvalue weighted by atomic mass is 10.0. The van der Waals surface area contributed by atoms with Crippen LogP contribution in [-0.2, 0) is 0 Å². The van der Waals surface area contributed by atoms with Gasteiger partial charge in [0, 0.05) is 17.3 Å². The zero-order valence-corrected chi connectivity index (χ0v) is 15.0. The SMILES string of the molecule is COc1ccc([C@@H]2CCCN2C(=O)Nc2ccc(Cl)cc2)cc1OC. The molecule has 0 aromatic heterocycles. The van der Waals surface area contributed by atoms with Gasteiger partial charge in [-0.15, -0.1) is 0 Å². The number of hydrogen-bond acceptors (Lipinski definition) is 3. The Kier molecular flexibility index (Phi) is 5.34. The molecule has 6 heteroatoms. The maximum atomic E-state index is 12.7. The monoisotopic (exact) mass is 360 g/mol. The Morgan fingerprint density at radius 1 is 1.12 bits per heavy atom. The smallest absolute Gasteiger partial charge is 0.322 e. The van der Waals surface area contributed by atoms with Gasteiger partial charge in [-0.1, -0.05) is 17.7 Å². The molecule has 25 heavy (non-hydrogen) atoms. The van der Waals surface area contributed by atoms with Crippen molar-refractivity contribution in [1.29, 1.82) is 0 Å². The van der Waals surface area contributed by atoms with Crippen LogP contribution >= 0.6 is 11.6 Å². The molecule has 1 N–H and O–H groups in total. The van der Waals surface area contributed by atoms with Crippen LogP contribution in [0.5, 0.6) is 11.5 Å². The second-order valence-electron chi connectivity index (χ2n) is 5.90. The number of rotatable bonds is 4. The molecule has 5 nitrogen and oxygen atoms in total. The fourth-order valence-corrected chi connectivity index (χ4v) is 3.27. The summed E-state index contributed by atoms with van der Waals surface area (Å²) in [5, 5.41) is 3.58. The second kappa shape index (κ2) is 7.66. The number of anilines is 1. The van der Waals surface area contributed by atoms with Crippen molar-refractivity contribution in [2.24, 2.45) is 0 Å². The van der Waals surface area contributed by atoms with Crippen molar-refractivity contribution in [3.63, 3.8) is 0 Å². The average Bonchev–Trinajstić information content (AvgIpc) is 3.13. The van der Waals surface area contributed by atoms with Crippen molar-refractivity contribution in [2.75, 3.05) is 26.1 Å². The highest BCUT2D eigenvalue weighted by Crippen LogP contribution is 2.37. The lowest BCUT2D eigenvalue weighted by Gasteiger charge is -2.26. The van der Waals surface area contributed by atoms with Crippen molar-refractivity contribution < 1.29 is 14.3 Å². The molecule has 1 heterocycles.